The van der Waals surface area contributed by atoms with E-state index in [0.29, 0.717) is 5.56 Å². The molecule has 0 saturated carbocycles. The molecule has 2 aromatic rings. The molecule has 0 unspecified atom stereocenters. The van der Waals surface area contributed by atoms with Gasteiger partial charge in [-0.05, 0) is 43.7 Å². The highest BCUT2D eigenvalue weighted by Crippen LogP contribution is 2.44. The number of amides is 1. The molecule has 0 aromatic heterocycles. The maximum Gasteiger partial charge on any atom is 0.439 e. The Kier molecular flexibility index (Phi) is 5.89. The van der Waals surface area contributed by atoms with Crippen LogP contribution in [0.4, 0.5) is 32.0 Å². The first kappa shape index (κ1) is 21.9. The van der Waals surface area contributed by atoms with E-state index in [9.17, 15) is 31.1 Å². The fraction of sp³-hybridized carbons (Fsp3) is 0.278. The summed E-state index contributed by atoms with van der Waals surface area (Å²) in [5.74, 6) is -1.54. The Morgan fingerprint density at radius 2 is 1.43 bits per heavy atom. The van der Waals surface area contributed by atoms with Crippen molar-refractivity contribution >= 4 is 23.2 Å². The molecule has 28 heavy (non-hydrogen) atoms. The average molecular weight is 425 g/mol. The van der Waals surface area contributed by atoms with Crippen LogP contribution in [-0.4, -0.2) is 23.9 Å². The first-order chi connectivity index (χ1) is 12.8. The molecule has 2 aromatic carbocycles. The van der Waals surface area contributed by atoms with Crippen molar-refractivity contribution in [2.45, 2.75) is 31.9 Å². The first-order valence-corrected chi connectivity index (χ1v) is 8.22. The van der Waals surface area contributed by atoms with Crippen molar-refractivity contribution in [2.24, 2.45) is 0 Å². The number of aryl methyl sites for hydroxylation is 1. The number of carbonyl (C=O) groups excluding carboxylic acids is 1. The highest BCUT2D eigenvalue weighted by molar-refractivity contribution is 6.31. The lowest BCUT2D eigenvalue weighted by Gasteiger charge is -2.39. The van der Waals surface area contributed by atoms with Crippen LogP contribution in [0.15, 0.2) is 42.5 Å². The third kappa shape index (κ3) is 4.19. The fourth-order valence-corrected chi connectivity index (χ4v) is 2.54. The third-order valence-electron chi connectivity index (χ3n) is 4.06. The summed E-state index contributed by atoms with van der Waals surface area (Å²) in [5, 5.41) is 2.49. The van der Waals surface area contributed by atoms with Crippen molar-refractivity contribution in [3.05, 3.63) is 64.2 Å². The van der Waals surface area contributed by atoms with Crippen LogP contribution in [0.5, 0.6) is 0 Å². The number of nitrogens with one attached hydrogen (secondary N) is 2. The summed E-state index contributed by atoms with van der Waals surface area (Å²) >= 11 is 5.80. The van der Waals surface area contributed by atoms with Crippen LogP contribution in [0, 0.1) is 13.8 Å². The van der Waals surface area contributed by atoms with Gasteiger partial charge in [0, 0.05) is 16.3 Å². The minimum atomic E-state index is -5.92. The lowest BCUT2D eigenvalue weighted by molar-refractivity contribution is -0.294. The van der Waals surface area contributed by atoms with Crippen LogP contribution < -0.4 is 10.6 Å². The Morgan fingerprint density at radius 1 is 0.893 bits per heavy atom. The van der Waals surface area contributed by atoms with E-state index in [4.69, 9.17) is 11.6 Å². The van der Waals surface area contributed by atoms with Gasteiger partial charge in [0.1, 0.15) is 0 Å². The van der Waals surface area contributed by atoms with Gasteiger partial charge in [0.25, 0.3) is 5.91 Å². The maximum absolute atomic E-state index is 13.7. The molecule has 2 N–H and O–H groups in total. The van der Waals surface area contributed by atoms with Crippen LogP contribution in [0.25, 0.3) is 0 Å². The molecule has 0 saturated heterocycles. The monoisotopic (exact) mass is 424 g/mol. The molecule has 0 aliphatic heterocycles. The summed E-state index contributed by atoms with van der Waals surface area (Å²) in [6.07, 6.45) is -11.8. The number of anilines is 1. The van der Waals surface area contributed by atoms with Gasteiger partial charge in [-0.15, -0.1) is 0 Å². The summed E-state index contributed by atoms with van der Waals surface area (Å²) in [6.45, 7) is 2.91. The van der Waals surface area contributed by atoms with Crippen molar-refractivity contribution in [1.82, 2.24) is 5.32 Å². The SMILES string of the molecule is Cc1ccc(C(=O)NC(Nc2cccc(Cl)c2C)(C(F)(F)F)C(F)(F)F)cc1. The minimum absolute atomic E-state index is 0.0342. The van der Waals surface area contributed by atoms with E-state index in [1.807, 2.05) is 0 Å². The van der Waals surface area contributed by atoms with Crippen LogP contribution in [0.1, 0.15) is 21.5 Å². The number of benzene rings is 2. The summed E-state index contributed by atoms with van der Waals surface area (Å²) in [7, 11) is 0. The van der Waals surface area contributed by atoms with E-state index in [1.54, 1.807) is 6.92 Å². The zero-order valence-electron chi connectivity index (χ0n) is 14.6. The van der Waals surface area contributed by atoms with E-state index >= 15 is 0 Å². The Balaban J connectivity index is 2.56. The molecular formula is C18H15ClF6N2O. The predicted molar refractivity (Wildman–Crippen MR) is 93.3 cm³/mol. The van der Waals surface area contributed by atoms with Crippen LogP contribution in [0.3, 0.4) is 0 Å². The molecule has 0 aliphatic rings. The Hall–Kier alpha value is -2.42. The molecule has 0 heterocycles. The molecule has 0 fully saturated rings. The second kappa shape index (κ2) is 7.54. The zero-order chi connectivity index (χ0) is 21.3. The molecule has 152 valence electrons. The summed E-state index contributed by atoms with van der Waals surface area (Å²) in [5.41, 5.74) is -4.95. The molecule has 0 atom stereocenters. The zero-order valence-corrected chi connectivity index (χ0v) is 15.4. The van der Waals surface area contributed by atoms with Crippen LogP contribution in [-0.2, 0) is 0 Å². The van der Waals surface area contributed by atoms with Crippen molar-refractivity contribution in [3.8, 4) is 0 Å². The number of alkyl halides is 6. The predicted octanol–water partition coefficient (Wildman–Crippen LogP) is 5.62. The molecular weight excluding hydrogens is 410 g/mol. The van der Waals surface area contributed by atoms with E-state index in [-0.39, 0.29) is 16.1 Å². The quantitative estimate of drug-likeness (QED) is 0.494. The van der Waals surface area contributed by atoms with Gasteiger partial charge in [-0.3, -0.25) is 4.79 Å². The maximum atomic E-state index is 13.7. The van der Waals surface area contributed by atoms with Crippen molar-refractivity contribution in [3.63, 3.8) is 0 Å². The van der Waals surface area contributed by atoms with E-state index in [0.717, 1.165) is 23.5 Å². The summed E-state index contributed by atoms with van der Waals surface area (Å²) < 4.78 is 82.2. The lowest BCUT2D eigenvalue weighted by Crippen LogP contribution is -2.72. The molecule has 0 aliphatic carbocycles. The van der Waals surface area contributed by atoms with Crippen molar-refractivity contribution in [1.29, 1.82) is 0 Å². The topological polar surface area (TPSA) is 41.1 Å². The van der Waals surface area contributed by atoms with Gasteiger partial charge >= 0.3 is 18.0 Å². The number of carbonyl (C=O) groups is 1. The molecule has 10 heteroatoms. The Bertz CT molecular complexity index is 848. The van der Waals surface area contributed by atoms with Crippen molar-refractivity contribution < 1.29 is 31.1 Å². The lowest BCUT2D eigenvalue weighted by atomic mass is 10.0. The first-order valence-electron chi connectivity index (χ1n) is 7.84. The van der Waals surface area contributed by atoms with Gasteiger partial charge in [0.15, 0.2) is 0 Å². The Morgan fingerprint density at radius 3 is 1.93 bits per heavy atom. The normalized spacial score (nSPS) is 12.6. The van der Waals surface area contributed by atoms with Gasteiger partial charge in [-0.25, -0.2) is 0 Å². The van der Waals surface area contributed by atoms with Gasteiger partial charge in [0.2, 0.25) is 0 Å². The largest absolute Gasteiger partial charge is 0.439 e. The molecule has 3 nitrogen and oxygen atoms in total. The smallest absolute Gasteiger partial charge is 0.347 e. The standard InChI is InChI=1S/C18H15ClF6N2O/c1-10-6-8-12(9-7-10)15(28)27-16(17(20,21)22,18(23,24)25)26-14-5-3-4-13(19)11(14)2/h3-9,26H,1-2H3,(H,27,28). The van der Waals surface area contributed by atoms with Crippen LogP contribution >= 0.6 is 11.6 Å². The molecule has 0 bridgehead atoms. The number of rotatable bonds is 4. The highest BCUT2D eigenvalue weighted by Gasteiger charge is 2.72. The van der Waals surface area contributed by atoms with E-state index in [2.05, 4.69) is 0 Å². The second-order valence-electron chi connectivity index (χ2n) is 6.10. The summed E-state index contributed by atoms with van der Waals surface area (Å²) in [4.78, 5) is 12.2. The van der Waals surface area contributed by atoms with Gasteiger partial charge in [-0.1, -0.05) is 35.4 Å². The van der Waals surface area contributed by atoms with E-state index in [1.165, 1.54) is 36.5 Å². The number of hydrogen-bond acceptors (Lipinski definition) is 2. The average Bonchev–Trinajstić information content (AvgIpc) is 2.56. The molecule has 2 rings (SSSR count). The highest BCUT2D eigenvalue weighted by atomic mass is 35.5. The Labute approximate surface area is 161 Å². The van der Waals surface area contributed by atoms with Gasteiger partial charge in [0.05, 0.1) is 0 Å². The number of halogens is 7. The second-order valence-corrected chi connectivity index (χ2v) is 6.51. The summed E-state index contributed by atoms with van der Waals surface area (Å²) in [6, 6.07) is 8.57. The van der Waals surface area contributed by atoms with Gasteiger partial charge < -0.3 is 10.6 Å². The molecule has 0 spiro atoms. The third-order valence-corrected chi connectivity index (χ3v) is 4.46. The number of hydrogen-bond donors (Lipinski definition) is 2. The van der Waals surface area contributed by atoms with E-state index < -0.39 is 29.6 Å². The van der Waals surface area contributed by atoms with Gasteiger partial charge in [-0.2, -0.15) is 26.3 Å². The van der Waals surface area contributed by atoms with Crippen molar-refractivity contribution in [2.75, 3.05) is 5.32 Å². The molecule has 0 radical (unpaired) electrons. The molecule has 1 amide bonds. The minimum Gasteiger partial charge on any atom is -0.347 e. The fourth-order valence-electron chi connectivity index (χ4n) is 2.37. The van der Waals surface area contributed by atoms with Crippen LogP contribution in [0.2, 0.25) is 5.02 Å².